The summed E-state index contributed by atoms with van der Waals surface area (Å²) in [7, 11) is 1.56. The molecule has 1 saturated carbocycles. The fraction of sp³-hybridized carbons (Fsp3) is 0.875. The molecule has 2 amide bonds. The first kappa shape index (κ1) is 18.9. The van der Waals surface area contributed by atoms with Crippen molar-refractivity contribution in [2.24, 2.45) is 0 Å². The van der Waals surface area contributed by atoms with Gasteiger partial charge < -0.3 is 20.4 Å². The van der Waals surface area contributed by atoms with E-state index in [1.165, 1.54) is 24.2 Å². The molecule has 0 aromatic carbocycles. The molecule has 0 aromatic rings. The predicted molar refractivity (Wildman–Crippen MR) is 84.2 cm³/mol. The second kappa shape index (κ2) is 10.6. The van der Waals surface area contributed by atoms with Crippen molar-refractivity contribution in [3.8, 4) is 0 Å². The highest BCUT2D eigenvalue weighted by Crippen LogP contribution is 2.17. The molecule has 0 unspecified atom stereocenters. The van der Waals surface area contributed by atoms with Crippen molar-refractivity contribution in [3.63, 3.8) is 0 Å². The summed E-state index contributed by atoms with van der Waals surface area (Å²) in [6.45, 7) is -0.292. The number of rotatable bonds is 7. The summed E-state index contributed by atoms with van der Waals surface area (Å²) in [6.07, 6.45) is 7.52. The molecule has 6 nitrogen and oxygen atoms in total. The molecule has 0 radical (unpaired) electrons. The van der Waals surface area contributed by atoms with Crippen LogP contribution in [0.3, 0.4) is 0 Å². The largest absolute Gasteiger partial charge is 0.394 e. The molecule has 3 N–H and O–H groups in total. The van der Waals surface area contributed by atoms with E-state index < -0.39 is 6.10 Å². The van der Waals surface area contributed by atoms with Gasteiger partial charge in [-0.2, -0.15) is 0 Å². The number of hydrogen-bond acceptors (Lipinski definition) is 4. The van der Waals surface area contributed by atoms with E-state index >= 15 is 0 Å². The second-order valence-corrected chi connectivity index (χ2v) is 6.22. The van der Waals surface area contributed by atoms with Crippen molar-refractivity contribution < 1.29 is 19.8 Å². The highest BCUT2D eigenvalue weighted by molar-refractivity contribution is 5.83. The molecular weight excluding hydrogens is 284 g/mol. The fourth-order valence-electron chi connectivity index (χ4n) is 2.79. The first-order valence-electron chi connectivity index (χ1n) is 8.35. The molecule has 0 spiro atoms. The molecule has 1 aliphatic carbocycles. The Kier molecular flexibility index (Phi) is 9.08. The molecule has 128 valence electrons. The van der Waals surface area contributed by atoms with Crippen molar-refractivity contribution in [2.45, 2.75) is 69.9 Å². The van der Waals surface area contributed by atoms with Gasteiger partial charge in [0.05, 0.1) is 12.7 Å². The number of carbonyl (C=O) groups is 2. The van der Waals surface area contributed by atoms with Gasteiger partial charge in [0.1, 0.15) is 0 Å². The molecule has 1 fully saturated rings. The maximum Gasteiger partial charge on any atom is 0.222 e. The third-order valence-electron chi connectivity index (χ3n) is 4.16. The minimum atomic E-state index is -0.933. The molecule has 0 aromatic heterocycles. The summed E-state index contributed by atoms with van der Waals surface area (Å²) >= 11 is 0. The van der Waals surface area contributed by atoms with Crippen molar-refractivity contribution >= 4 is 11.8 Å². The Labute approximate surface area is 132 Å². The number of amides is 2. The third-order valence-corrected chi connectivity index (χ3v) is 4.16. The first-order valence-corrected chi connectivity index (χ1v) is 8.35. The van der Waals surface area contributed by atoms with Gasteiger partial charge in [-0.3, -0.25) is 9.59 Å². The Morgan fingerprint density at radius 2 is 1.73 bits per heavy atom. The summed E-state index contributed by atoms with van der Waals surface area (Å²) in [5.74, 6) is -0.268. The normalized spacial score (nSPS) is 18.1. The lowest BCUT2D eigenvalue weighted by molar-refractivity contribution is -0.134. The summed E-state index contributed by atoms with van der Waals surface area (Å²) in [4.78, 5) is 25.1. The number of nitrogens with one attached hydrogen (secondary N) is 1. The highest BCUT2D eigenvalue weighted by atomic mass is 16.3. The smallest absolute Gasteiger partial charge is 0.222 e. The van der Waals surface area contributed by atoms with E-state index in [-0.39, 0.29) is 43.8 Å². The molecule has 1 rings (SSSR count). The van der Waals surface area contributed by atoms with Crippen molar-refractivity contribution in [1.82, 2.24) is 10.2 Å². The molecule has 6 heteroatoms. The summed E-state index contributed by atoms with van der Waals surface area (Å²) in [5, 5.41) is 21.1. The van der Waals surface area contributed by atoms with Gasteiger partial charge in [-0.25, -0.2) is 0 Å². The average Bonchev–Trinajstić information content (AvgIpc) is 2.47. The Balaban J connectivity index is 2.24. The van der Waals surface area contributed by atoms with Gasteiger partial charge in [-0.1, -0.05) is 32.1 Å². The van der Waals surface area contributed by atoms with E-state index in [2.05, 4.69) is 5.32 Å². The second-order valence-electron chi connectivity index (χ2n) is 6.22. The minimum absolute atomic E-state index is 0.0740. The summed E-state index contributed by atoms with van der Waals surface area (Å²) in [6, 6.07) is 0.247. The lowest BCUT2D eigenvalue weighted by Gasteiger charge is -2.22. The SMILES string of the molecule is CN(C[C@@H](O)CO)C(=O)CCC(=O)NC1CCCCCCC1. The number of carbonyl (C=O) groups excluding carboxylic acids is 2. The molecule has 1 atom stereocenters. The monoisotopic (exact) mass is 314 g/mol. The van der Waals surface area contributed by atoms with Crippen LogP contribution >= 0.6 is 0 Å². The Morgan fingerprint density at radius 1 is 1.14 bits per heavy atom. The molecule has 0 saturated heterocycles. The summed E-state index contributed by atoms with van der Waals surface area (Å²) < 4.78 is 0. The zero-order chi connectivity index (χ0) is 16.4. The van der Waals surface area contributed by atoms with Crippen LogP contribution in [0.4, 0.5) is 0 Å². The van der Waals surface area contributed by atoms with E-state index in [9.17, 15) is 14.7 Å². The number of nitrogens with zero attached hydrogens (tertiary/aromatic N) is 1. The van der Waals surface area contributed by atoms with Crippen LogP contribution in [-0.4, -0.2) is 59.3 Å². The van der Waals surface area contributed by atoms with Crippen LogP contribution in [0.2, 0.25) is 0 Å². The first-order chi connectivity index (χ1) is 10.5. The Hall–Kier alpha value is -1.14. The van der Waals surface area contributed by atoms with Crippen LogP contribution in [0.15, 0.2) is 0 Å². The molecule has 0 bridgehead atoms. The van der Waals surface area contributed by atoms with Gasteiger partial charge in [-0.05, 0) is 12.8 Å². The van der Waals surface area contributed by atoms with Gasteiger partial charge in [-0.15, -0.1) is 0 Å². The van der Waals surface area contributed by atoms with E-state index in [0.717, 1.165) is 25.7 Å². The molecule has 1 aliphatic rings. The van der Waals surface area contributed by atoms with E-state index in [0.29, 0.717) is 0 Å². The maximum absolute atomic E-state index is 11.9. The number of aliphatic hydroxyl groups excluding tert-OH is 2. The Bertz CT molecular complexity index is 341. The van der Waals surface area contributed by atoms with E-state index in [4.69, 9.17) is 5.11 Å². The highest BCUT2D eigenvalue weighted by Gasteiger charge is 2.17. The molecular formula is C16H30N2O4. The van der Waals surface area contributed by atoms with Crippen molar-refractivity contribution in [1.29, 1.82) is 0 Å². The van der Waals surface area contributed by atoms with Gasteiger partial charge in [0, 0.05) is 32.5 Å². The van der Waals surface area contributed by atoms with Gasteiger partial charge >= 0.3 is 0 Å². The molecule has 22 heavy (non-hydrogen) atoms. The maximum atomic E-state index is 11.9. The van der Waals surface area contributed by atoms with Crippen LogP contribution in [0, 0.1) is 0 Å². The number of aliphatic hydroxyl groups is 2. The standard InChI is InChI=1S/C16H30N2O4/c1-18(11-14(20)12-19)16(22)10-9-15(21)17-13-7-5-3-2-4-6-8-13/h13-14,19-20H,2-12H2,1H3,(H,17,21)/t14-/m1/s1. The zero-order valence-corrected chi connectivity index (χ0v) is 13.6. The topological polar surface area (TPSA) is 89.9 Å². The number of likely N-dealkylation sites (N-methyl/N-ethyl adjacent to an activating group) is 1. The Morgan fingerprint density at radius 3 is 2.32 bits per heavy atom. The van der Waals surface area contributed by atoms with Gasteiger partial charge in [0.15, 0.2) is 0 Å². The van der Waals surface area contributed by atoms with Crippen LogP contribution in [0.5, 0.6) is 0 Å². The third kappa shape index (κ3) is 7.75. The van der Waals surface area contributed by atoms with E-state index in [1.807, 2.05) is 0 Å². The quantitative estimate of drug-likeness (QED) is 0.648. The zero-order valence-electron chi connectivity index (χ0n) is 13.6. The van der Waals surface area contributed by atoms with Gasteiger partial charge in [0.2, 0.25) is 11.8 Å². The van der Waals surface area contributed by atoms with Crippen molar-refractivity contribution in [3.05, 3.63) is 0 Å². The molecule has 0 heterocycles. The van der Waals surface area contributed by atoms with Gasteiger partial charge in [0.25, 0.3) is 0 Å². The van der Waals surface area contributed by atoms with E-state index in [1.54, 1.807) is 7.05 Å². The van der Waals surface area contributed by atoms with Crippen LogP contribution in [-0.2, 0) is 9.59 Å². The lowest BCUT2D eigenvalue weighted by Crippen LogP contribution is -2.38. The van der Waals surface area contributed by atoms with Crippen molar-refractivity contribution in [2.75, 3.05) is 20.2 Å². The van der Waals surface area contributed by atoms with Crippen LogP contribution < -0.4 is 5.32 Å². The summed E-state index contributed by atoms with van der Waals surface area (Å²) in [5.41, 5.74) is 0. The number of hydrogen-bond donors (Lipinski definition) is 3. The average molecular weight is 314 g/mol. The lowest BCUT2D eigenvalue weighted by atomic mass is 9.96. The van der Waals surface area contributed by atoms with Crippen LogP contribution in [0.25, 0.3) is 0 Å². The fourth-order valence-corrected chi connectivity index (χ4v) is 2.79. The predicted octanol–water partition coefficient (Wildman–Crippen LogP) is 0.807. The minimum Gasteiger partial charge on any atom is -0.394 e. The van der Waals surface area contributed by atoms with Crippen LogP contribution in [0.1, 0.15) is 57.8 Å². The molecule has 0 aliphatic heterocycles.